The molecule has 140 valence electrons. The topological polar surface area (TPSA) is 93.8 Å². The van der Waals surface area contributed by atoms with E-state index in [1.54, 1.807) is 43.0 Å². The Kier molecular flexibility index (Phi) is 5.00. The number of nitrogens with zero attached hydrogens (tertiary/aromatic N) is 4. The minimum absolute atomic E-state index is 0.176. The smallest absolute Gasteiger partial charge is 0.276 e. The van der Waals surface area contributed by atoms with Gasteiger partial charge in [-0.05, 0) is 26.0 Å². The number of hydrogen-bond donors (Lipinski definition) is 2. The summed E-state index contributed by atoms with van der Waals surface area (Å²) in [5.74, 6) is -0.387. The van der Waals surface area contributed by atoms with Crippen LogP contribution in [0.3, 0.4) is 0 Å². The maximum Gasteiger partial charge on any atom is 0.276 e. The summed E-state index contributed by atoms with van der Waals surface area (Å²) in [4.78, 5) is 24.9. The number of carbonyl (C=O) groups excluding carboxylic acids is 2. The molecule has 0 radical (unpaired) electrons. The van der Waals surface area contributed by atoms with E-state index in [-0.39, 0.29) is 17.5 Å². The van der Waals surface area contributed by atoms with Gasteiger partial charge in [-0.1, -0.05) is 23.7 Å². The number of carbonyl (C=O) groups is 2. The van der Waals surface area contributed by atoms with Crippen LogP contribution in [0.2, 0.25) is 5.02 Å². The van der Waals surface area contributed by atoms with Crippen molar-refractivity contribution in [2.24, 2.45) is 14.1 Å². The molecule has 0 atom stereocenters. The summed E-state index contributed by atoms with van der Waals surface area (Å²) in [6, 6.07) is 8.23. The summed E-state index contributed by atoms with van der Waals surface area (Å²) in [5.41, 5.74) is 2.72. The van der Waals surface area contributed by atoms with Gasteiger partial charge in [-0.15, -0.1) is 0 Å². The molecule has 9 heteroatoms. The molecule has 0 spiro atoms. The van der Waals surface area contributed by atoms with Crippen molar-refractivity contribution in [3.05, 3.63) is 58.0 Å². The highest BCUT2D eigenvalue weighted by atomic mass is 35.5. The van der Waals surface area contributed by atoms with Gasteiger partial charge in [0.25, 0.3) is 11.8 Å². The number of halogens is 1. The second-order valence-electron chi connectivity index (χ2n) is 6.10. The number of amides is 2. The van der Waals surface area contributed by atoms with E-state index in [2.05, 4.69) is 20.8 Å². The Morgan fingerprint density at radius 1 is 1.00 bits per heavy atom. The molecule has 2 aromatic heterocycles. The van der Waals surface area contributed by atoms with E-state index in [4.69, 9.17) is 11.6 Å². The molecule has 0 saturated heterocycles. The number of rotatable bonds is 4. The average Bonchev–Trinajstić information content (AvgIpc) is 3.10. The van der Waals surface area contributed by atoms with Gasteiger partial charge in [0.05, 0.1) is 27.7 Å². The van der Waals surface area contributed by atoms with Gasteiger partial charge < -0.3 is 10.6 Å². The molecule has 0 saturated carbocycles. The zero-order valence-corrected chi connectivity index (χ0v) is 16.1. The Morgan fingerprint density at radius 3 is 2.33 bits per heavy atom. The van der Waals surface area contributed by atoms with Gasteiger partial charge >= 0.3 is 0 Å². The molecule has 0 aliphatic carbocycles. The lowest BCUT2D eigenvalue weighted by Gasteiger charge is -2.06. The fourth-order valence-electron chi connectivity index (χ4n) is 2.66. The Morgan fingerprint density at radius 2 is 1.70 bits per heavy atom. The third-order valence-electron chi connectivity index (χ3n) is 4.22. The van der Waals surface area contributed by atoms with E-state index in [1.165, 1.54) is 10.7 Å². The monoisotopic (exact) mass is 386 g/mol. The van der Waals surface area contributed by atoms with E-state index in [1.807, 2.05) is 13.8 Å². The molecular weight excluding hydrogens is 368 g/mol. The van der Waals surface area contributed by atoms with Gasteiger partial charge in [-0.25, -0.2) is 0 Å². The van der Waals surface area contributed by atoms with Crippen LogP contribution in [-0.2, 0) is 14.1 Å². The fourth-order valence-corrected chi connectivity index (χ4v) is 2.88. The van der Waals surface area contributed by atoms with E-state index in [9.17, 15) is 9.59 Å². The Labute approximate surface area is 161 Å². The first-order valence-electron chi connectivity index (χ1n) is 8.19. The molecule has 0 aliphatic rings. The Hall–Kier alpha value is -3.13. The van der Waals surface area contributed by atoms with Gasteiger partial charge in [-0.3, -0.25) is 19.0 Å². The molecule has 3 rings (SSSR count). The van der Waals surface area contributed by atoms with Crippen molar-refractivity contribution in [1.29, 1.82) is 0 Å². The first-order valence-corrected chi connectivity index (χ1v) is 8.57. The molecule has 1 aromatic carbocycles. The number of hydrogen-bond acceptors (Lipinski definition) is 4. The second-order valence-corrected chi connectivity index (χ2v) is 6.50. The van der Waals surface area contributed by atoms with Crippen LogP contribution < -0.4 is 10.6 Å². The van der Waals surface area contributed by atoms with Gasteiger partial charge in [0.2, 0.25) is 0 Å². The van der Waals surface area contributed by atoms with Crippen LogP contribution in [0.1, 0.15) is 32.2 Å². The van der Waals surface area contributed by atoms with Crippen molar-refractivity contribution in [3.63, 3.8) is 0 Å². The summed E-state index contributed by atoms with van der Waals surface area (Å²) in [6.45, 7) is 3.68. The quantitative estimate of drug-likeness (QED) is 0.720. The summed E-state index contributed by atoms with van der Waals surface area (Å²) in [7, 11) is 3.45. The molecule has 2 amide bonds. The molecule has 8 nitrogen and oxygen atoms in total. The van der Waals surface area contributed by atoms with Crippen LogP contribution in [0.5, 0.6) is 0 Å². The van der Waals surface area contributed by atoms with Crippen LogP contribution >= 0.6 is 11.6 Å². The summed E-state index contributed by atoms with van der Waals surface area (Å²) >= 11 is 6.05. The van der Waals surface area contributed by atoms with Crippen molar-refractivity contribution in [2.45, 2.75) is 13.8 Å². The minimum atomic E-state index is -0.386. The van der Waals surface area contributed by atoms with E-state index >= 15 is 0 Å². The number of nitrogens with one attached hydrogen (secondary N) is 2. The van der Waals surface area contributed by atoms with E-state index in [0.717, 1.165) is 5.69 Å². The maximum atomic E-state index is 12.5. The molecule has 2 N–H and O–H groups in total. The summed E-state index contributed by atoms with van der Waals surface area (Å²) < 4.78 is 3.12. The second kappa shape index (κ2) is 7.24. The Balaban J connectivity index is 1.79. The van der Waals surface area contributed by atoms with Crippen LogP contribution in [0, 0.1) is 13.8 Å². The first-order chi connectivity index (χ1) is 12.8. The van der Waals surface area contributed by atoms with Crippen LogP contribution in [0.25, 0.3) is 0 Å². The summed E-state index contributed by atoms with van der Waals surface area (Å²) in [6.07, 6.45) is 0. The molecule has 3 aromatic rings. The van der Waals surface area contributed by atoms with Crippen LogP contribution in [0.15, 0.2) is 30.3 Å². The molecule has 27 heavy (non-hydrogen) atoms. The van der Waals surface area contributed by atoms with Crippen molar-refractivity contribution < 1.29 is 9.59 Å². The van der Waals surface area contributed by atoms with Crippen molar-refractivity contribution in [1.82, 2.24) is 19.6 Å². The lowest BCUT2D eigenvalue weighted by molar-refractivity contribution is 0.101. The lowest BCUT2D eigenvalue weighted by Crippen LogP contribution is -2.14. The average molecular weight is 387 g/mol. The van der Waals surface area contributed by atoms with Gasteiger partial charge in [0.15, 0.2) is 5.69 Å². The van der Waals surface area contributed by atoms with Crippen LogP contribution in [-0.4, -0.2) is 31.4 Å². The highest BCUT2D eigenvalue weighted by Crippen LogP contribution is 2.21. The standard InChI is InChI=1S/C18H19ClN6O2/c1-10-16(11(2)24(3)22-10)21-18(27)14-9-15(25(4)23-14)20-17(26)12-7-5-6-8-13(12)19/h5-9H,1-4H3,(H,20,26)(H,21,27). The number of anilines is 2. The third kappa shape index (κ3) is 3.70. The van der Waals surface area contributed by atoms with Crippen molar-refractivity contribution in [3.8, 4) is 0 Å². The molecule has 0 aliphatic heterocycles. The van der Waals surface area contributed by atoms with Gasteiger partial charge in [-0.2, -0.15) is 10.2 Å². The zero-order chi connectivity index (χ0) is 19.7. The normalized spacial score (nSPS) is 10.7. The van der Waals surface area contributed by atoms with E-state index in [0.29, 0.717) is 27.8 Å². The molecule has 0 bridgehead atoms. The number of benzene rings is 1. The predicted octanol–water partition coefficient (Wildman–Crippen LogP) is 2.93. The SMILES string of the molecule is Cc1nn(C)c(C)c1NC(=O)c1cc(NC(=O)c2ccccc2Cl)n(C)n1. The van der Waals surface area contributed by atoms with Crippen molar-refractivity contribution in [2.75, 3.05) is 10.6 Å². The number of aromatic nitrogens is 4. The van der Waals surface area contributed by atoms with Gasteiger partial charge in [0.1, 0.15) is 5.82 Å². The predicted molar refractivity (Wildman–Crippen MR) is 103 cm³/mol. The van der Waals surface area contributed by atoms with Crippen molar-refractivity contribution >= 4 is 34.9 Å². The first kappa shape index (κ1) is 18.7. The largest absolute Gasteiger partial charge is 0.317 e. The fraction of sp³-hybridized carbons (Fsp3) is 0.222. The summed E-state index contributed by atoms with van der Waals surface area (Å²) in [5, 5.41) is 14.3. The zero-order valence-electron chi connectivity index (χ0n) is 15.4. The third-order valence-corrected chi connectivity index (χ3v) is 4.55. The highest BCUT2D eigenvalue weighted by Gasteiger charge is 2.19. The van der Waals surface area contributed by atoms with Gasteiger partial charge in [0, 0.05) is 20.2 Å². The van der Waals surface area contributed by atoms with E-state index < -0.39 is 0 Å². The number of aryl methyl sites for hydroxylation is 3. The maximum absolute atomic E-state index is 12.5. The molecular formula is C18H19ClN6O2. The highest BCUT2D eigenvalue weighted by molar-refractivity contribution is 6.34. The van der Waals surface area contributed by atoms with Crippen LogP contribution in [0.4, 0.5) is 11.5 Å². The Bertz CT molecular complexity index is 1040. The molecule has 0 fully saturated rings. The molecule has 0 unspecified atom stereocenters. The molecule has 2 heterocycles. The minimum Gasteiger partial charge on any atom is -0.317 e. The lowest BCUT2D eigenvalue weighted by atomic mass is 10.2.